The number of aliphatic hydroxyl groups excluding tert-OH is 1. The third kappa shape index (κ3) is 5.51. The van der Waals surface area contributed by atoms with Crippen LogP contribution in [-0.2, 0) is 13.1 Å². The van der Waals surface area contributed by atoms with Gasteiger partial charge in [0.1, 0.15) is 0 Å². The molecule has 5 nitrogen and oxygen atoms in total. The summed E-state index contributed by atoms with van der Waals surface area (Å²) >= 11 is 0. The second-order valence-corrected chi connectivity index (χ2v) is 5.95. The second-order valence-electron chi connectivity index (χ2n) is 5.95. The number of ether oxygens (including phenoxy) is 2. The van der Waals surface area contributed by atoms with Crippen molar-refractivity contribution in [3.63, 3.8) is 0 Å². The highest BCUT2D eigenvalue weighted by molar-refractivity contribution is 5.43. The molecule has 130 valence electrons. The summed E-state index contributed by atoms with van der Waals surface area (Å²) in [4.78, 5) is 6.33. The number of aromatic nitrogens is 1. The summed E-state index contributed by atoms with van der Waals surface area (Å²) < 4.78 is 11.2. The SMILES string of the molecule is COc1ccc(CN(CCO)Cc2cccnc2)cc1OC(C)C. The minimum atomic E-state index is 0.0816. The van der Waals surface area contributed by atoms with Crippen molar-refractivity contribution >= 4 is 0 Å². The molecule has 0 saturated carbocycles. The zero-order chi connectivity index (χ0) is 17.4. The van der Waals surface area contributed by atoms with Gasteiger partial charge in [0.2, 0.25) is 0 Å². The lowest BCUT2D eigenvalue weighted by molar-refractivity contribution is 0.183. The Morgan fingerprint density at radius 3 is 2.54 bits per heavy atom. The summed E-state index contributed by atoms with van der Waals surface area (Å²) in [6, 6.07) is 9.92. The topological polar surface area (TPSA) is 54.8 Å². The summed E-state index contributed by atoms with van der Waals surface area (Å²) in [5.41, 5.74) is 2.24. The molecule has 0 amide bonds. The number of benzene rings is 1. The lowest BCUT2D eigenvalue weighted by Gasteiger charge is -2.22. The van der Waals surface area contributed by atoms with E-state index < -0.39 is 0 Å². The second kappa shape index (κ2) is 9.25. The molecule has 0 spiro atoms. The molecule has 24 heavy (non-hydrogen) atoms. The zero-order valence-corrected chi connectivity index (χ0v) is 14.6. The van der Waals surface area contributed by atoms with Crippen LogP contribution >= 0.6 is 0 Å². The van der Waals surface area contributed by atoms with E-state index in [4.69, 9.17) is 9.47 Å². The first-order chi connectivity index (χ1) is 11.6. The molecule has 0 saturated heterocycles. The quantitative estimate of drug-likeness (QED) is 0.766. The van der Waals surface area contributed by atoms with Crippen molar-refractivity contribution in [3.05, 3.63) is 53.9 Å². The van der Waals surface area contributed by atoms with Gasteiger partial charge >= 0.3 is 0 Å². The predicted octanol–water partition coefficient (Wildman–Crippen LogP) is 2.87. The van der Waals surface area contributed by atoms with Gasteiger partial charge in [-0.05, 0) is 43.2 Å². The number of methoxy groups -OCH3 is 1. The van der Waals surface area contributed by atoms with Crippen molar-refractivity contribution in [2.45, 2.75) is 33.0 Å². The molecule has 1 N–H and O–H groups in total. The van der Waals surface area contributed by atoms with Gasteiger partial charge in [0.25, 0.3) is 0 Å². The van der Waals surface area contributed by atoms with Gasteiger partial charge in [-0.15, -0.1) is 0 Å². The molecule has 5 heteroatoms. The van der Waals surface area contributed by atoms with Crippen LogP contribution in [0.1, 0.15) is 25.0 Å². The van der Waals surface area contributed by atoms with E-state index in [0.717, 1.165) is 29.2 Å². The van der Waals surface area contributed by atoms with Gasteiger partial charge in [-0.2, -0.15) is 0 Å². The van der Waals surface area contributed by atoms with Gasteiger partial charge in [0, 0.05) is 32.0 Å². The fourth-order valence-electron chi connectivity index (χ4n) is 2.53. The van der Waals surface area contributed by atoms with E-state index in [1.165, 1.54) is 0 Å². The Hall–Kier alpha value is -2.11. The highest BCUT2D eigenvalue weighted by Gasteiger charge is 2.11. The summed E-state index contributed by atoms with van der Waals surface area (Å²) in [6.07, 6.45) is 3.70. The lowest BCUT2D eigenvalue weighted by Crippen LogP contribution is -2.26. The van der Waals surface area contributed by atoms with E-state index in [0.29, 0.717) is 13.1 Å². The van der Waals surface area contributed by atoms with Gasteiger partial charge in [-0.3, -0.25) is 9.88 Å². The van der Waals surface area contributed by atoms with Crippen molar-refractivity contribution in [3.8, 4) is 11.5 Å². The van der Waals surface area contributed by atoms with Crippen molar-refractivity contribution < 1.29 is 14.6 Å². The van der Waals surface area contributed by atoms with Gasteiger partial charge in [-0.1, -0.05) is 12.1 Å². The minimum Gasteiger partial charge on any atom is -0.493 e. The van der Waals surface area contributed by atoms with Crippen LogP contribution in [0.4, 0.5) is 0 Å². The van der Waals surface area contributed by atoms with Crippen LogP contribution in [0.15, 0.2) is 42.7 Å². The molecule has 0 atom stereocenters. The van der Waals surface area contributed by atoms with Gasteiger partial charge in [0.05, 0.1) is 19.8 Å². The first-order valence-corrected chi connectivity index (χ1v) is 8.18. The monoisotopic (exact) mass is 330 g/mol. The molecule has 0 unspecified atom stereocenters. The van der Waals surface area contributed by atoms with Crippen LogP contribution in [-0.4, -0.2) is 41.4 Å². The number of hydrogen-bond donors (Lipinski definition) is 1. The van der Waals surface area contributed by atoms with Crippen LogP contribution in [0.2, 0.25) is 0 Å². The Balaban J connectivity index is 2.13. The maximum Gasteiger partial charge on any atom is 0.161 e. The molecule has 2 rings (SSSR count). The molecule has 1 aromatic heterocycles. The van der Waals surface area contributed by atoms with Crippen molar-refractivity contribution in [2.75, 3.05) is 20.3 Å². The lowest BCUT2D eigenvalue weighted by atomic mass is 10.1. The first kappa shape index (κ1) is 18.2. The molecule has 1 heterocycles. The molecular formula is C19H26N2O3. The van der Waals surface area contributed by atoms with Crippen LogP contribution < -0.4 is 9.47 Å². The van der Waals surface area contributed by atoms with E-state index in [1.807, 2.05) is 50.4 Å². The predicted molar refractivity (Wildman–Crippen MR) is 94.2 cm³/mol. The van der Waals surface area contributed by atoms with E-state index in [-0.39, 0.29) is 12.7 Å². The number of rotatable bonds is 9. The average molecular weight is 330 g/mol. The molecular weight excluding hydrogens is 304 g/mol. The first-order valence-electron chi connectivity index (χ1n) is 8.18. The zero-order valence-electron chi connectivity index (χ0n) is 14.6. The molecule has 0 radical (unpaired) electrons. The van der Waals surface area contributed by atoms with Gasteiger partial charge < -0.3 is 14.6 Å². The average Bonchev–Trinajstić information content (AvgIpc) is 2.56. The van der Waals surface area contributed by atoms with E-state index in [9.17, 15) is 5.11 Å². The van der Waals surface area contributed by atoms with Gasteiger partial charge in [0.15, 0.2) is 11.5 Å². The molecule has 1 aromatic carbocycles. The number of hydrogen-bond acceptors (Lipinski definition) is 5. The van der Waals surface area contributed by atoms with Crippen LogP contribution in [0.3, 0.4) is 0 Å². The van der Waals surface area contributed by atoms with Gasteiger partial charge in [-0.25, -0.2) is 0 Å². The molecule has 0 aliphatic heterocycles. The number of aliphatic hydroxyl groups is 1. The maximum absolute atomic E-state index is 9.35. The highest BCUT2D eigenvalue weighted by Crippen LogP contribution is 2.29. The molecule has 0 aliphatic rings. The summed E-state index contributed by atoms with van der Waals surface area (Å²) in [5, 5.41) is 9.35. The number of nitrogens with zero attached hydrogens (tertiary/aromatic N) is 2. The molecule has 2 aromatic rings. The number of pyridine rings is 1. The summed E-state index contributed by atoms with van der Waals surface area (Å²) in [5.74, 6) is 1.48. The smallest absolute Gasteiger partial charge is 0.161 e. The Bertz CT molecular complexity index is 617. The third-order valence-corrected chi connectivity index (χ3v) is 3.54. The van der Waals surface area contributed by atoms with E-state index in [2.05, 4.69) is 9.88 Å². The molecule has 0 fully saturated rings. The van der Waals surface area contributed by atoms with Crippen molar-refractivity contribution in [1.82, 2.24) is 9.88 Å². The van der Waals surface area contributed by atoms with E-state index in [1.54, 1.807) is 13.3 Å². The van der Waals surface area contributed by atoms with Crippen molar-refractivity contribution in [1.29, 1.82) is 0 Å². The standard InChI is InChI=1S/C19H26N2O3/c1-15(2)24-19-11-16(6-7-18(19)23-3)13-21(9-10-22)14-17-5-4-8-20-12-17/h4-8,11-12,15,22H,9-10,13-14H2,1-3H3. The highest BCUT2D eigenvalue weighted by atomic mass is 16.5. The fraction of sp³-hybridized carbons (Fsp3) is 0.421. The fourth-order valence-corrected chi connectivity index (χ4v) is 2.53. The van der Waals surface area contributed by atoms with E-state index >= 15 is 0 Å². The maximum atomic E-state index is 9.35. The third-order valence-electron chi connectivity index (χ3n) is 3.54. The molecule has 0 bridgehead atoms. The van der Waals surface area contributed by atoms with Crippen LogP contribution in [0, 0.1) is 0 Å². The van der Waals surface area contributed by atoms with Crippen molar-refractivity contribution in [2.24, 2.45) is 0 Å². The minimum absolute atomic E-state index is 0.0816. The van der Waals surface area contributed by atoms with Crippen LogP contribution in [0.25, 0.3) is 0 Å². The Kier molecular flexibility index (Phi) is 7.03. The Morgan fingerprint density at radius 2 is 1.92 bits per heavy atom. The normalized spacial score (nSPS) is 11.1. The largest absolute Gasteiger partial charge is 0.493 e. The Labute approximate surface area is 143 Å². The Morgan fingerprint density at radius 1 is 1.12 bits per heavy atom. The summed E-state index contributed by atoms with van der Waals surface area (Å²) in [7, 11) is 1.64. The summed E-state index contributed by atoms with van der Waals surface area (Å²) in [6.45, 7) is 6.15. The molecule has 0 aliphatic carbocycles. The van der Waals surface area contributed by atoms with Crippen LogP contribution in [0.5, 0.6) is 11.5 Å².